The molecule has 1 aliphatic rings. The predicted molar refractivity (Wildman–Crippen MR) is 109 cm³/mol. The smallest absolute Gasteiger partial charge is 0.342 e. The van der Waals surface area contributed by atoms with Gasteiger partial charge in [0.05, 0.1) is 12.7 Å². The van der Waals surface area contributed by atoms with Crippen molar-refractivity contribution >= 4 is 17.7 Å². The zero-order valence-corrected chi connectivity index (χ0v) is 16.8. The summed E-state index contributed by atoms with van der Waals surface area (Å²) in [6.07, 6.45) is -2.24. The van der Waals surface area contributed by atoms with Crippen molar-refractivity contribution in [1.82, 2.24) is 0 Å². The first-order valence-corrected chi connectivity index (χ1v) is 9.66. The number of hydrogen-bond acceptors (Lipinski definition) is 8. The predicted octanol–water partition coefficient (Wildman–Crippen LogP) is 1.33. The maximum Gasteiger partial charge on any atom is 0.342 e. The highest BCUT2D eigenvalue weighted by molar-refractivity contribution is 5.97. The SMILES string of the molecule is C[C@@H]1/C=C(/F)C(O)[C@@H](O)[C@@H](O)C/C=C/c2cc(NCCO)cc(O)c2C(=O)O[C@H]1C. The van der Waals surface area contributed by atoms with Crippen LogP contribution in [0.5, 0.6) is 5.75 Å². The van der Waals surface area contributed by atoms with E-state index in [1.54, 1.807) is 13.0 Å². The van der Waals surface area contributed by atoms with Gasteiger partial charge in [0.25, 0.3) is 0 Å². The second kappa shape index (κ2) is 10.5. The van der Waals surface area contributed by atoms with E-state index < -0.39 is 42.1 Å². The highest BCUT2D eigenvalue weighted by Crippen LogP contribution is 2.30. The zero-order chi connectivity index (χ0) is 22.4. The number of halogens is 1. The number of ether oxygens (including phenoxy) is 1. The molecular formula is C21H28FNO7. The van der Waals surface area contributed by atoms with Crippen LogP contribution in [-0.2, 0) is 4.74 Å². The summed E-state index contributed by atoms with van der Waals surface area (Å²) in [5, 5.41) is 52.3. The minimum absolute atomic E-state index is 0.114. The normalized spacial score (nSPS) is 31.0. The van der Waals surface area contributed by atoms with Gasteiger partial charge in [-0.05, 0) is 31.1 Å². The lowest BCUT2D eigenvalue weighted by Gasteiger charge is -2.23. The molecule has 1 aromatic rings. The Hall–Kier alpha value is -2.46. The van der Waals surface area contributed by atoms with Crippen LogP contribution in [0.1, 0.15) is 36.2 Å². The maximum atomic E-state index is 14.3. The topological polar surface area (TPSA) is 139 Å². The fraction of sp³-hybridized carbons (Fsp3) is 0.476. The van der Waals surface area contributed by atoms with E-state index in [1.807, 2.05) is 0 Å². The summed E-state index contributed by atoms with van der Waals surface area (Å²) in [5.41, 5.74) is 0.610. The van der Waals surface area contributed by atoms with Crippen LogP contribution in [0.3, 0.4) is 0 Å². The van der Waals surface area contributed by atoms with E-state index in [2.05, 4.69) is 5.32 Å². The minimum atomic E-state index is -1.92. The number of anilines is 1. The van der Waals surface area contributed by atoms with Crippen molar-refractivity contribution < 1.29 is 39.5 Å². The van der Waals surface area contributed by atoms with Crippen LogP contribution >= 0.6 is 0 Å². The van der Waals surface area contributed by atoms with Crippen LogP contribution in [0, 0.1) is 5.92 Å². The number of fused-ring (bicyclic) bond motifs is 1. The number of phenolic OH excluding ortho intramolecular Hbond substituents is 1. The fourth-order valence-corrected chi connectivity index (χ4v) is 2.97. The fourth-order valence-electron chi connectivity index (χ4n) is 2.97. The quantitative estimate of drug-likeness (QED) is 0.399. The number of esters is 1. The van der Waals surface area contributed by atoms with Crippen molar-refractivity contribution in [3.63, 3.8) is 0 Å². The van der Waals surface area contributed by atoms with Crippen molar-refractivity contribution in [3.8, 4) is 5.75 Å². The monoisotopic (exact) mass is 425 g/mol. The van der Waals surface area contributed by atoms with E-state index >= 15 is 0 Å². The van der Waals surface area contributed by atoms with Crippen LogP contribution in [0.25, 0.3) is 6.08 Å². The molecule has 0 radical (unpaired) electrons. The lowest BCUT2D eigenvalue weighted by atomic mass is 9.98. The second-order valence-electron chi connectivity index (χ2n) is 7.27. The standard InChI is InChI=1S/C21H28FNO7/c1-11-8-15(22)19(27)20(28)16(25)5-3-4-13-9-14(23-6-7-24)10-17(26)18(13)21(29)30-12(11)2/h3-4,8-12,16,19-20,23-28H,5-7H2,1-2H3/b4-3+,15-8+/t11-,12+,16+,19?,20+/m1/s1. The Bertz CT molecular complexity index is 811. The molecular weight excluding hydrogens is 397 g/mol. The summed E-state index contributed by atoms with van der Waals surface area (Å²) in [7, 11) is 0. The molecule has 0 saturated carbocycles. The molecule has 0 bridgehead atoms. The van der Waals surface area contributed by atoms with Crippen molar-refractivity contribution in [2.24, 2.45) is 5.92 Å². The molecule has 6 N–H and O–H groups in total. The summed E-state index contributed by atoms with van der Waals surface area (Å²) in [4.78, 5) is 12.7. The van der Waals surface area contributed by atoms with Gasteiger partial charge in [-0.3, -0.25) is 0 Å². The number of benzene rings is 1. The average Bonchev–Trinajstić information content (AvgIpc) is 2.69. The van der Waals surface area contributed by atoms with Crippen LogP contribution < -0.4 is 5.32 Å². The number of cyclic esters (lactones) is 1. The van der Waals surface area contributed by atoms with E-state index in [4.69, 9.17) is 9.84 Å². The first-order valence-electron chi connectivity index (χ1n) is 9.66. The van der Waals surface area contributed by atoms with Gasteiger partial charge in [-0.1, -0.05) is 19.1 Å². The maximum absolute atomic E-state index is 14.3. The van der Waals surface area contributed by atoms with Gasteiger partial charge in [-0.15, -0.1) is 0 Å². The van der Waals surface area contributed by atoms with Crippen molar-refractivity contribution in [2.45, 2.75) is 44.7 Å². The van der Waals surface area contributed by atoms with Gasteiger partial charge in [0, 0.05) is 24.2 Å². The molecule has 166 valence electrons. The van der Waals surface area contributed by atoms with E-state index in [0.29, 0.717) is 5.69 Å². The Morgan fingerprint density at radius 1 is 1.23 bits per heavy atom. The molecule has 0 spiro atoms. The summed E-state index contributed by atoms with van der Waals surface area (Å²) in [6.45, 7) is 3.17. The highest BCUT2D eigenvalue weighted by Gasteiger charge is 2.29. The number of phenols is 1. The van der Waals surface area contributed by atoms with E-state index in [1.165, 1.54) is 25.1 Å². The number of aliphatic hydroxyl groups excluding tert-OH is 4. The van der Waals surface area contributed by atoms with Gasteiger partial charge >= 0.3 is 5.97 Å². The Balaban J connectivity index is 2.50. The van der Waals surface area contributed by atoms with Crippen LogP contribution in [0.2, 0.25) is 0 Å². The summed E-state index contributed by atoms with van der Waals surface area (Å²) in [6, 6.07) is 2.87. The summed E-state index contributed by atoms with van der Waals surface area (Å²) >= 11 is 0. The number of hydrogen-bond donors (Lipinski definition) is 6. The molecule has 1 aliphatic heterocycles. The highest BCUT2D eigenvalue weighted by atomic mass is 19.1. The average molecular weight is 425 g/mol. The Morgan fingerprint density at radius 2 is 1.93 bits per heavy atom. The molecule has 8 nitrogen and oxygen atoms in total. The molecule has 0 fully saturated rings. The number of carbonyl (C=O) groups excluding carboxylic acids is 1. The van der Waals surface area contributed by atoms with Crippen LogP contribution in [0.15, 0.2) is 30.1 Å². The first-order chi connectivity index (χ1) is 14.1. The van der Waals surface area contributed by atoms with Gasteiger partial charge in [0.2, 0.25) is 0 Å². The van der Waals surface area contributed by atoms with Crippen molar-refractivity contribution in [1.29, 1.82) is 0 Å². The Morgan fingerprint density at radius 3 is 2.60 bits per heavy atom. The zero-order valence-electron chi connectivity index (χ0n) is 16.8. The molecule has 1 heterocycles. The summed E-state index contributed by atoms with van der Waals surface area (Å²) in [5.74, 6) is -2.89. The third-order valence-electron chi connectivity index (χ3n) is 4.92. The molecule has 1 aromatic carbocycles. The number of aromatic hydroxyl groups is 1. The second-order valence-corrected chi connectivity index (χ2v) is 7.27. The number of carbonyl (C=O) groups is 1. The van der Waals surface area contributed by atoms with Crippen LogP contribution in [0.4, 0.5) is 10.1 Å². The minimum Gasteiger partial charge on any atom is -0.507 e. The van der Waals surface area contributed by atoms with Crippen molar-refractivity contribution in [3.05, 3.63) is 41.2 Å². The van der Waals surface area contributed by atoms with Gasteiger partial charge in [0.15, 0.2) is 0 Å². The molecule has 30 heavy (non-hydrogen) atoms. The third-order valence-corrected chi connectivity index (χ3v) is 4.92. The van der Waals surface area contributed by atoms with E-state index in [9.17, 15) is 29.6 Å². The lowest BCUT2D eigenvalue weighted by Crippen LogP contribution is -2.38. The van der Waals surface area contributed by atoms with Gasteiger partial charge in [0.1, 0.15) is 35.5 Å². The molecule has 0 aromatic heterocycles. The van der Waals surface area contributed by atoms with Gasteiger partial charge < -0.3 is 35.6 Å². The molecule has 2 rings (SSSR count). The molecule has 5 atom stereocenters. The Labute approximate surface area is 173 Å². The largest absolute Gasteiger partial charge is 0.507 e. The third kappa shape index (κ3) is 5.79. The first kappa shape index (κ1) is 23.8. The number of nitrogens with one attached hydrogen (secondary N) is 1. The summed E-state index contributed by atoms with van der Waals surface area (Å²) < 4.78 is 19.6. The number of aliphatic hydroxyl groups is 4. The Kier molecular flexibility index (Phi) is 8.36. The van der Waals surface area contributed by atoms with E-state index in [0.717, 1.165) is 6.08 Å². The van der Waals surface area contributed by atoms with E-state index in [-0.39, 0.29) is 36.4 Å². The molecule has 1 unspecified atom stereocenters. The number of rotatable bonds is 3. The molecule has 0 amide bonds. The van der Waals surface area contributed by atoms with Gasteiger partial charge in [-0.2, -0.15) is 0 Å². The lowest BCUT2D eigenvalue weighted by molar-refractivity contribution is -0.0505. The molecule has 9 heteroatoms. The van der Waals surface area contributed by atoms with Crippen molar-refractivity contribution in [2.75, 3.05) is 18.5 Å². The van der Waals surface area contributed by atoms with Gasteiger partial charge in [-0.25, -0.2) is 9.18 Å². The molecule has 0 saturated heterocycles. The van der Waals surface area contributed by atoms with Crippen LogP contribution in [-0.4, -0.2) is 69.1 Å². The molecule has 0 aliphatic carbocycles.